The van der Waals surface area contributed by atoms with Gasteiger partial charge in [0.25, 0.3) is 0 Å². The highest BCUT2D eigenvalue weighted by molar-refractivity contribution is 5.88. The molecular weight excluding hydrogens is 238 g/mol. The molecule has 1 amide bonds. The summed E-state index contributed by atoms with van der Waals surface area (Å²) >= 11 is 0. The van der Waals surface area contributed by atoms with Gasteiger partial charge in [0, 0.05) is 18.8 Å². The minimum absolute atomic E-state index is 0.0180. The summed E-state index contributed by atoms with van der Waals surface area (Å²) in [4.78, 5) is 14.3. The molecule has 1 atom stereocenters. The largest absolute Gasteiger partial charge is 0.352 e. The summed E-state index contributed by atoms with van der Waals surface area (Å²) in [6.07, 6.45) is 0. The molecule has 1 unspecified atom stereocenters. The van der Waals surface area contributed by atoms with E-state index in [-0.39, 0.29) is 17.5 Å². The Labute approximate surface area is 115 Å². The van der Waals surface area contributed by atoms with Gasteiger partial charge in [0.05, 0.1) is 5.54 Å². The predicted octanol–water partition coefficient (Wildman–Crippen LogP) is 1.35. The molecule has 0 aromatic heterocycles. The van der Waals surface area contributed by atoms with E-state index in [1.807, 2.05) is 6.07 Å². The van der Waals surface area contributed by atoms with Crippen LogP contribution in [0.5, 0.6) is 0 Å². The fraction of sp³-hybridized carbons (Fsp3) is 0.533. The lowest BCUT2D eigenvalue weighted by molar-refractivity contribution is -0.124. The molecule has 3 N–H and O–H groups in total. The van der Waals surface area contributed by atoms with Crippen LogP contribution in [0.3, 0.4) is 0 Å². The van der Waals surface area contributed by atoms with Crippen molar-refractivity contribution in [2.24, 2.45) is 5.73 Å². The first-order chi connectivity index (χ1) is 8.88. The van der Waals surface area contributed by atoms with E-state index in [4.69, 9.17) is 5.73 Å². The maximum Gasteiger partial charge on any atom is 0.244 e. The smallest absolute Gasteiger partial charge is 0.244 e. The molecule has 19 heavy (non-hydrogen) atoms. The molecule has 0 bridgehead atoms. The highest BCUT2D eigenvalue weighted by atomic mass is 16.2. The third-order valence-electron chi connectivity index (χ3n) is 3.87. The van der Waals surface area contributed by atoms with Crippen LogP contribution in [-0.2, 0) is 4.79 Å². The first-order valence-electron chi connectivity index (χ1n) is 6.72. The van der Waals surface area contributed by atoms with E-state index in [1.165, 1.54) is 11.1 Å². The van der Waals surface area contributed by atoms with Crippen LogP contribution in [0.25, 0.3) is 0 Å². The first-order valence-corrected chi connectivity index (χ1v) is 6.72. The van der Waals surface area contributed by atoms with E-state index in [2.05, 4.69) is 50.0 Å². The van der Waals surface area contributed by atoms with Gasteiger partial charge in [-0.05, 0) is 38.8 Å². The lowest BCUT2D eigenvalue weighted by atomic mass is 9.92. The number of aryl methyl sites for hydroxylation is 2. The van der Waals surface area contributed by atoms with Crippen LogP contribution in [0.4, 0.5) is 5.69 Å². The molecular formula is C15H23N3O. The van der Waals surface area contributed by atoms with Gasteiger partial charge in [-0.15, -0.1) is 0 Å². The summed E-state index contributed by atoms with van der Waals surface area (Å²) in [5.74, 6) is 0.0180. The van der Waals surface area contributed by atoms with Crippen molar-refractivity contribution < 1.29 is 4.79 Å². The molecule has 1 fully saturated rings. The number of nitrogens with one attached hydrogen (secondary N) is 1. The second kappa shape index (κ2) is 4.85. The summed E-state index contributed by atoms with van der Waals surface area (Å²) in [5, 5.41) is 2.95. The number of hydrogen-bond donors (Lipinski definition) is 2. The minimum Gasteiger partial charge on any atom is -0.352 e. The highest BCUT2D eigenvalue weighted by Crippen LogP contribution is 2.34. The van der Waals surface area contributed by atoms with Crippen molar-refractivity contribution in [3.63, 3.8) is 0 Å². The van der Waals surface area contributed by atoms with Crippen molar-refractivity contribution in [2.75, 3.05) is 18.0 Å². The van der Waals surface area contributed by atoms with Crippen molar-refractivity contribution in [1.82, 2.24) is 5.32 Å². The van der Waals surface area contributed by atoms with Crippen molar-refractivity contribution in [3.8, 4) is 0 Å². The Morgan fingerprint density at radius 1 is 1.37 bits per heavy atom. The number of para-hydroxylation sites is 1. The maximum atomic E-state index is 12.1. The molecule has 1 heterocycles. The number of amides is 1. The van der Waals surface area contributed by atoms with Gasteiger partial charge >= 0.3 is 0 Å². The molecule has 4 nitrogen and oxygen atoms in total. The minimum atomic E-state index is -0.302. The average Bonchev–Trinajstić information content (AvgIpc) is 2.34. The summed E-state index contributed by atoms with van der Waals surface area (Å²) in [6, 6.07) is 5.91. The quantitative estimate of drug-likeness (QED) is 0.845. The Hall–Kier alpha value is -1.55. The van der Waals surface area contributed by atoms with Crippen molar-refractivity contribution >= 4 is 11.6 Å². The lowest BCUT2D eigenvalue weighted by Gasteiger charge is -2.49. The van der Waals surface area contributed by atoms with Crippen LogP contribution in [-0.4, -0.2) is 30.6 Å². The van der Waals surface area contributed by atoms with Gasteiger partial charge in [-0.2, -0.15) is 0 Å². The lowest BCUT2D eigenvalue weighted by Crippen LogP contribution is -2.68. The fourth-order valence-corrected chi connectivity index (χ4v) is 2.90. The number of benzene rings is 1. The number of anilines is 1. The number of carbonyl (C=O) groups excluding carboxylic acids is 1. The van der Waals surface area contributed by atoms with Gasteiger partial charge in [0.15, 0.2) is 0 Å². The summed E-state index contributed by atoms with van der Waals surface area (Å²) in [7, 11) is 0. The second-order valence-electron chi connectivity index (χ2n) is 5.89. The average molecular weight is 261 g/mol. The third-order valence-corrected chi connectivity index (χ3v) is 3.87. The van der Waals surface area contributed by atoms with Crippen LogP contribution in [0.2, 0.25) is 0 Å². The SMILES string of the molecule is Cc1cccc(C)c1N1C(CN)C(=O)NCC1(C)C. The Kier molecular flexibility index (Phi) is 3.54. The molecule has 104 valence electrons. The van der Waals surface area contributed by atoms with Crippen LogP contribution >= 0.6 is 0 Å². The van der Waals surface area contributed by atoms with Gasteiger partial charge in [-0.1, -0.05) is 18.2 Å². The maximum absolute atomic E-state index is 12.1. The molecule has 0 saturated carbocycles. The number of carbonyl (C=O) groups is 1. The van der Waals surface area contributed by atoms with E-state index in [1.54, 1.807) is 0 Å². The van der Waals surface area contributed by atoms with Crippen LogP contribution in [0, 0.1) is 13.8 Å². The summed E-state index contributed by atoms with van der Waals surface area (Å²) in [6.45, 7) is 9.40. The topological polar surface area (TPSA) is 58.4 Å². The summed E-state index contributed by atoms with van der Waals surface area (Å²) < 4.78 is 0. The molecule has 1 aromatic rings. The highest BCUT2D eigenvalue weighted by Gasteiger charge is 2.41. The molecule has 0 radical (unpaired) electrons. The van der Waals surface area contributed by atoms with E-state index < -0.39 is 0 Å². The third kappa shape index (κ3) is 2.32. The normalized spacial score (nSPS) is 22.3. The van der Waals surface area contributed by atoms with E-state index in [0.717, 1.165) is 5.69 Å². The number of piperazine rings is 1. The molecule has 1 aromatic carbocycles. The number of rotatable bonds is 2. The molecule has 1 aliphatic heterocycles. The molecule has 1 aliphatic rings. The van der Waals surface area contributed by atoms with Crippen LogP contribution in [0.15, 0.2) is 18.2 Å². The molecule has 2 rings (SSSR count). The van der Waals surface area contributed by atoms with Gasteiger partial charge in [0.2, 0.25) is 5.91 Å². The van der Waals surface area contributed by atoms with Crippen LogP contribution < -0.4 is 16.0 Å². The van der Waals surface area contributed by atoms with E-state index >= 15 is 0 Å². The first kappa shape index (κ1) is 13.9. The molecule has 1 saturated heterocycles. The van der Waals surface area contributed by atoms with Crippen LogP contribution in [0.1, 0.15) is 25.0 Å². The van der Waals surface area contributed by atoms with Crippen molar-refractivity contribution in [2.45, 2.75) is 39.3 Å². The van der Waals surface area contributed by atoms with Gasteiger partial charge < -0.3 is 16.0 Å². The number of hydrogen-bond acceptors (Lipinski definition) is 3. The summed E-state index contributed by atoms with van der Waals surface area (Å²) in [5.41, 5.74) is 9.20. The Bertz CT molecular complexity index is 476. The molecule has 0 aliphatic carbocycles. The Balaban J connectivity index is 2.57. The van der Waals surface area contributed by atoms with E-state index in [9.17, 15) is 4.79 Å². The van der Waals surface area contributed by atoms with Crippen molar-refractivity contribution in [3.05, 3.63) is 29.3 Å². The number of nitrogens with zero attached hydrogens (tertiary/aromatic N) is 1. The number of nitrogens with two attached hydrogens (primary N) is 1. The Morgan fingerprint density at radius 3 is 2.47 bits per heavy atom. The zero-order valence-corrected chi connectivity index (χ0v) is 12.2. The zero-order chi connectivity index (χ0) is 14.2. The monoisotopic (exact) mass is 261 g/mol. The van der Waals surface area contributed by atoms with E-state index in [0.29, 0.717) is 13.1 Å². The predicted molar refractivity (Wildman–Crippen MR) is 78.3 cm³/mol. The van der Waals surface area contributed by atoms with Gasteiger partial charge in [-0.25, -0.2) is 0 Å². The second-order valence-corrected chi connectivity index (χ2v) is 5.89. The van der Waals surface area contributed by atoms with Gasteiger partial charge in [-0.3, -0.25) is 4.79 Å². The van der Waals surface area contributed by atoms with Crippen molar-refractivity contribution in [1.29, 1.82) is 0 Å². The van der Waals surface area contributed by atoms with Gasteiger partial charge in [0.1, 0.15) is 6.04 Å². The zero-order valence-electron chi connectivity index (χ0n) is 12.2. The molecule has 4 heteroatoms. The fourth-order valence-electron chi connectivity index (χ4n) is 2.90. The standard InChI is InChI=1S/C15H23N3O/c1-10-6-5-7-11(2)13(10)18-12(8-16)14(19)17-9-15(18,3)4/h5-7,12H,8-9,16H2,1-4H3,(H,17,19). The molecule has 0 spiro atoms. The Morgan fingerprint density at radius 2 is 1.95 bits per heavy atom.